The lowest BCUT2D eigenvalue weighted by Gasteiger charge is -2.35. The molecule has 1 aromatic carbocycles. The maximum Gasteiger partial charge on any atom is 0.435 e. The zero-order chi connectivity index (χ0) is 18.7. The second-order valence-corrected chi connectivity index (χ2v) is 6.43. The number of nitrogens with zero attached hydrogens (tertiary/aromatic N) is 4. The Kier molecular flexibility index (Phi) is 5.52. The number of aromatic nitrogens is 2. The Morgan fingerprint density at radius 1 is 1.08 bits per heavy atom. The van der Waals surface area contributed by atoms with Crippen molar-refractivity contribution in [2.24, 2.45) is 0 Å². The van der Waals surface area contributed by atoms with Crippen molar-refractivity contribution < 1.29 is 17.9 Å². The first kappa shape index (κ1) is 18.7. The van der Waals surface area contributed by atoms with Crippen LogP contribution in [0.5, 0.6) is 5.75 Å². The van der Waals surface area contributed by atoms with Crippen LogP contribution in [-0.2, 0) is 12.7 Å². The Morgan fingerprint density at radius 2 is 1.81 bits per heavy atom. The highest BCUT2D eigenvalue weighted by Gasteiger charge is 2.33. The van der Waals surface area contributed by atoms with Crippen molar-refractivity contribution in [2.45, 2.75) is 12.7 Å². The van der Waals surface area contributed by atoms with Gasteiger partial charge in [0.25, 0.3) is 0 Å². The number of ether oxygens (including phenoxy) is 1. The van der Waals surface area contributed by atoms with Crippen molar-refractivity contribution in [3.63, 3.8) is 0 Å². The van der Waals surface area contributed by atoms with Gasteiger partial charge in [-0.15, -0.1) is 10.2 Å². The van der Waals surface area contributed by atoms with E-state index >= 15 is 0 Å². The molecular weight excluding hydrogens is 369 g/mol. The fraction of sp³-hybridized carbons (Fsp3) is 0.412. The molecule has 0 radical (unpaired) electrons. The number of hydrogen-bond donors (Lipinski definition) is 0. The molecule has 0 saturated carbocycles. The summed E-state index contributed by atoms with van der Waals surface area (Å²) >= 11 is 6.06. The van der Waals surface area contributed by atoms with E-state index < -0.39 is 11.9 Å². The zero-order valence-electron chi connectivity index (χ0n) is 14.1. The molecule has 0 atom stereocenters. The largest absolute Gasteiger partial charge is 0.496 e. The standard InChI is InChI=1S/C17H18ClF3N4O/c1-26-14-3-2-13(18)10-12(14)11-24-6-8-25(9-7-24)16-5-4-15(22-23-16)17(19,20)21/h2-5,10H,6-9,11H2,1H3. The predicted molar refractivity (Wildman–Crippen MR) is 92.5 cm³/mol. The van der Waals surface area contributed by atoms with Gasteiger partial charge < -0.3 is 9.64 Å². The van der Waals surface area contributed by atoms with E-state index in [9.17, 15) is 13.2 Å². The molecule has 26 heavy (non-hydrogen) atoms. The lowest BCUT2D eigenvalue weighted by molar-refractivity contribution is -0.141. The molecule has 1 aromatic heterocycles. The van der Waals surface area contributed by atoms with Gasteiger partial charge in [0.15, 0.2) is 11.5 Å². The Labute approximate surface area is 154 Å². The quantitative estimate of drug-likeness (QED) is 0.804. The predicted octanol–water partition coefficient (Wildman–Crippen LogP) is 3.48. The molecule has 0 unspecified atom stereocenters. The van der Waals surface area contributed by atoms with Gasteiger partial charge >= 0.3 is 6.18 Å². The first-order valence-electron chi connectivity index (χ1n) is 8.07. The van der Waals surface area contributed by atoms with Crippen LogP contribution in [0.3, 0.4) is 0 Å². The molecular formula is C17H18ClF3N4O. The maximum absolute atomic E-state index is 12.6. The normalized spacial score (nSPS) is 16.0. The smallest absolute Gasteiger partial charge is 0.435 e. The van der Waals surface area contributed by atoms with Crippen LogP contribution in [0.2, 0.25) is 5.02 Å². The van der Waals surface area contributed by atoms with Gasteiger partial charge in [-0.25, -0.2) is 0 Å². The third kappa shape index (κ3) is 4.37. The summed E-state index contributed by atoms with van der Waals surface area (Å²) in [6.45, 7) is 3.50. The molecule has 140 valence electrons. The van der Waals surface area contributed by atoms with E-state index in [0.29, 0.717) is 30.5 Å². The fourth-order valence-corrected chi connectivity index (χ4v) is 3.09. The molecule has 0 aliphatic carbocycles. The van der Waals surface area contributed by atoms with Gasteiger partial charge in [-0.05, 0) is 30.3 Å². The van der Waals surface area contributed by atoms with E-state index in [1.54, 1.807) is 13.2 Å². The summed E-state index contributed by atoms with van der Waals surface area (Å²) in [5.74, 6) is 1.24. The van der Waals surface area contributed by atoms with Crippen LogP contribution in [0.4, 0.5) is 19.0 Å². The van der Waals surface area contributed by atoms with Gasteiger partial charge in [0.2, 0.25) is 0 Å². The van der Waals surface area contributed by atoms with Crippen molar-refractivity contribution in [3.8, 4) is 5.75 Å². The third-order valence-corrected chi connectivity index (χ3v) is 4.51. The Morgan fingerprint density at radius 3 is 2.38 bits per heavy atom. The molecule has 2 aromatic rings. The number of benzene rings is 1. The van der Waals surface area contributed by atoms with Crippen LogP contribution in [0.1, 0.15) is 11.3 Å². The monoisotopic (exact) mass is 386 g/mol. The molecule has 3 rings (SSSR count). The molecule has 1 aliphatic heterocycles. The second-order valence-electron chi connectivity index (χ2n) is 5.99. The zero-order valence-corrected chi connectivity index (χ0v) is 14.9. The van der Waals surface area contributed by atoms with Crippen molar-refractivity contribution in [2.75, 3.05) is 38.2 Å². The first-order chi connectivity index (χ1) is 12.4. The lowest BCUT2D eigenvalue weighted by Crippen LogP contribution is -2.46. The number of anilines is 1. The van der Waals surface area contributed by atoms with E-state index in [2.05, 4.69) is 15.1 Å². The highest BCUT2D eigenvalue weighted by Crippen LogP contribution is 2.28. The fourth-order valence-electron chi connectivity index (χ4n) is 2.89. The second kappa shape index (κ2) is 7.67. The summed E-state index contributed by atoms with van der Waals surface area (Å²) in [5, 5.41) is 7.65. The topological polar surface area (TPSA) is 41.5 Å². The van der Waals surface area contributed by atoms with E-state index in [1.165, 1.54) is 6.07 Å². The van der Waals surface area contributed by atoms with E-state index in [4.69, 9.17) is 16.3 Å². The minimum atomic E-state index is -4.47. The molecule has 5 nitrogen and oxygen atoms in total. The number of halogens is 4. The van der Waals surface area contributed by atoms with Crippen LogP contribution >= 0.6 is 11.6 Å². The summed E-state index contributed by atoms with van der Waals surface area (Å²) in [4.78, 5) is 4.17. The van der Waals surface area contributed by atoms with E-state index in [1.807, 2.05) is 17.0 Å². The maximum atomic E-state index is 12.6. The average molecular weight is 387 g/mol. The number of alkyl halides is 3. The molecule has 1 saturated heterocycles. The van der Waals surface area contributed by atoms with Crippen LogP contribution in [0.15, 0.2) is 30.3 Å². The molecule has 0 spiro atoms. The van der Waals surface area contributed by atoms with Crippen LogP contribution < -0.4 is 9.64 Å². The van der Waals surface area contributed by atoms with Gasteiger partial charge in [0.1, 0.15) is 5.75 Å². The Bertz CT molecular complexity index is 747. The molecule has 0 bridgehead atoms. The SMILES string of the molecule is COc1ccc(Cl)cc1CN1CCN(c2ccc(C(F)(F)F)nn2)CC1. The number of hydrogen-bond acceptors (Lipinski definition) is 5. The van der Waals surface area contributed by atoms with Crippen molar-refractivity contribution in [3.05, 3.63) is 46.6 Å². The Balaban J connectivity index is 1.60. The molecule has 2 heterocycles. The summed E-state index contributed by atoms with van der Waals surface area (Å²) in [5.41, 5.74) is 0.0238. The van der Waals surface area contributed by atoms with Crippen LogP contribution in [0, 0.1) is 0 Å². The van der Waals surface area contributed by atoms with E-state index in [-0.39, 0.29) is 0 Å². The van der Waals surface area contributed by atoms with Crippen molar-refractivity contribution >= 4 is 17.4 Å². The van der Waals surface area contributed by atoms with Gasteiger partial charge in [0, 0.05) is 43.3 Å². The molecule has 0 N–H and O–H groups in total. The number of piperazine rings is 1. The molecule has 9 heteroatoms. The summed E-state index contributed by atoms with van der Waals surface area (Å²) in [6, 6.07) is 7.84. The molecule has 1 aliphatic rings. The van der Waals surface area contributed by atoms with Gasteiger partial charge in [-0.2, -0.15) is 13.2 Å². The minimum absolute atomic E-state index is 0.456. The van der Waals surface area contributed by atoms with Crippen LogP contribution in [0.25, 0.3) is 0 Å². The van der Waals surface area contributed by atoms with Crippen molar-refractivity contribution in [1.82, 2.24) is 15.1 Å². The highest BCUT2D eigenvalue weighted by molar-refractivity contribution is 6.30. The summed E-state index contributed by atoms with van der Waals surface area (Å²) in [6.07, 6.45) is -4.47. The Hall–Kier alpha value is -2.06. The number of rotatable bonds is 4. The molecule has 1 fully saturated rings. The highest BCUT2D eigenvalue weighted by atomic mass is 35.5. The van der Waals surface area contributed by atoms with Gasteiger partial charge in [0.05, 0.1) is 7.11 Å². The molecule has 0 amide bonds. The van der Waals surface area contributed by atoms with Gasteiger partial charge in [-0.3, -0.25) is 4.90 Å². The van der Waals surface area contributed by atoms with Crippen molar-refractivity contribution in [1.29, 1.82) is 0 Å². The first-order valence-corrected chi connectivity index (χ1v) is 8.45. The van der Waals surface area contributed by atoms with Gasteiger partial charge in [-0.1, -0.05) is 11.6 Å². The van der Waals surface area contributed by atoms with Crippen LogP contribution in [-0.4, -0.2) is 48.4 Å². The average Bonchev–Trinajstić information content (AvgIpc) is 2.62. The third-order valence-electron chi connectivity index (χ3n) is 4.27. The minimum Gasteiger partial charge on any atom is -0.496 e. The number of methoxy groups -OCH3 is 1. The van der Waals surface area contributed by atoms with E-state index in [0.717, 1.165) is 30.5 Å². The lowest BCUT2D eigenvalue weighted by atomic mass is 10.1. The summed E-state index contributed by atoms with van der Waals surface area (Å²) in [7, 11) is 1.62. The summed E-state index contributed by atoms with van der Waals surface area (Å²) < 4.78 is 43.1.